The van der Waals surface area contributed by atoms with Gasteiger partial charge in [0.2, 0.25) is 0 Å². The number of Topliss-reactive ketones (excluding diaryl/α,β-unsaturated/α-hetero) is 1. The number of allylic oxidation sites excluding steroid dienone is 1. The van der Waals surface area contributed by atoms with Crippen LogP contribution in [0, 0.1) is 0 Å². The van der Waals surface area contributed by atoms with Crippen LogP contribution in [0.2, 0.25) is 5.02 Å². The van der Waals surface area contributed by atoms with E-state index in [2.05, 4.69) is 5.32 Å². The van der Waals surface area contributed by atoms with Crippen molar-refractivity contribution in [3.8, 4) is 11.5 Å². The fourth-order valence-electron chi connectivity index (χ4n) is 3.30. The third-order valence-electron chi connectivity index (χ3n) is 5.00. The van der Waals surface area contributed by atoms with Gasteiger partial charge in [0.25, 0.3) is 0 Å². The van der Waals surface area contributed by atoms with Gasteiger partial charge in [0.15, 0.2) is 22.4 Å². The van der Waals surface area contributed by atoms with E-state index in [-0.39, 0.29) is 11.8 Å². The molecule has 7 heteroatoms. The highest BCUT2D eigenvalue weighted by atomic mass is 35.5. The van der Waals surface area contributed by atoms with Crippen molar-refractivity contribution >= 4 is 34.7 Å². The second-order valence-corrected chi connectivity index (χ2v) is 7.58. The second kappa shape index (κ2) is 8.84. The maximum atomic E-state index is 12.4. The first-order valence-electron chi connectivity index (χ1n) is 9.13. The molecule has 152 valence electrons. The maximum Gasteiger partial charge on any atom is 0.173 e. The molecule has 0 radical (unpaired) electrons. The van der Waals surface area contributed by atoms with Crippen LogP contribution in [0.3, 0.4) is 0 Å². The number of nitrogens with zero attached hydrogens (tertiary/aromatic N) is 1. The van der Waals surface area contributed by atoms with E-state index in [9.17, 15) is 4.79 Å². The first-order chi connectivity index (χ1) is 13.8. The number of hydrogen-bond acceptors (Lipinski definition) is 4. The van der Waals surface area contributed by atoms with Gasteiger partial charge >= 0.3 is 0 Å². The molecule has 0 spiro atoms. The van der Waals surface area contributed by atoms with Crippen molar-refractivity contribution in [2.24, 2.45) is 0 Å². The topological polar surface area (TPSA) is 50.8 Å². The minimum atomic E-state index is -0.357. The number of nitrogens with one attached hydrogen (secondary N) is 1. The first kappa shape index (κ1) is 21.1. The molecule has 0 fully saturated rings. The van der Waals surface area contributed by atoms with Crippen molar-refractivity contribution in [3.63, 3.8) is 0 Å². The average Bonchev–Trinajstić information content (AvgIpc) is 2.70. The molecule has 5 nitrogen and oxygen atoms in total. The molecule has 2 aromatic rings. The van der Waals surface area contributed by atoms with Crippen molar-refractivity contribution < 1.29 is 14.3 Å². The van der Waals surface area contributed by atoms with Crippen LogP contribution in [-0.4, -0.2) is 30.0 Å². The van der Waals surface area contributed by atoms with E-state index in [0.717, 1.165) is 16.8 Å². The number of ketones is 1. The Hall–Kier alpha value is -2.57. The number of methoxy groups -OCH3 is 1. The van der Waals surface area contributed by atoms with E-state index >= 15 is 0 Å². The highest BCUT2D eigenvalue weighted by molar-refractivity contribution is 7.80. The number of ether oxygens (including phenoxy) is 2. The number of hydrogen-bond donors (Lipinski definition) is 1. The molecule has 3 rings (SSSR count). The molecule has 1 unspecified atom stereocenters. The zero-order valence-electron chi connectivity index (χ0n) is 16.8. The Morgan fingerprint density at radius 1 is 1.24 bits per heavy atom. The van der Waals surface area contributed by atoms with Crippen LogP contribution >= 0.6 is 23.8 Å². The van der Waals surface area contributed by atoms with Crippen molar-refractivity contribution in [3.05, 3.63) is 69.9 Å². The maximum absolute atomic E-state index is 12.4. The van der Waals surface area contributed by atoms with Gasteiger partial charge in [-0.2, -0.15) is 0 Å². The zero-order chi connectivity index (χ0) is 21.1. The molecule has 1 aliphatic rings. The minimum Gasteiger partial charge on any atom is -0.493 e. The second-order valence-electron chi connectivity index (χ2n) is 6.79. The Balaban J connectivity index is 1.96. The van der Waals surface area contributed by atoms with Gasteiger partial charge in [0.05, 0.1) is 13.2 Å². The molecule has 0 saturated carbocycles. The molecule has 0 amide bonds. The summed E-state index contributed by atoms with van der Waals surface area (Å²) in [5, 5.41) is 4.46. The lowest BCUT2D eigenvalue weighted by Gasteiger charge is -2.35. The fourth-order valence-corrected chi connectivity index (χ4v) is 3.74. The first-order valence-corrected chi connectivity index (χ1v) is 9.92. The lowest BCUT2D eigenvalue weighted by Crippen LogP contribution is -2.45. The van der Waals surface area contributed by atoms with E-state index in [1.54, 1.807) is 18.9 Å². The van der Waals surface area contributed by atoms with Crippen molar-refractivity contribution in [2.75, 3.05) is 14.2 Å². The minimum absolute atomic E-state index is 0.0105. The largest absolute Gasteiger partial charge is 0.493 e. The quantitative estimate of drug-likeness (QED) is 0.673. The van der Waals surface area contributed by atoms with Crippen LogP contribution in [0.5, 0.6) is 11.5 Å². The monoisotopic (exact) mass is 430 g/mol. The van der Waals surface area contributed by atoms with E-state index in [1.165, 1.54) is 0 Å². The zero-order valence-corrected chi connectivity index (χ0v) is 18.4. The molecule has 0 saturated heterocycles. The van der Waals surface area contributed by atoms with Crippen LogP contribution in [0.15, 0.2) is 53.7 Å². The average molecular weight is 431 g/mol. The molecular formula is C22H23ClN2O3S. The molecular weight excluding hydrogens is 408 g/mol. The van der Waals surface area contributed by atoms with Gasteiger partial charge in [-0.1, -0.05) is 35.9 Å². The molecule has 1 atom stereocenters. The third kappa shape index (κ3) is 4.38. The molecule has 1 aliphatic heterocycles. The van der Waals surface area contributed by atoms with Gasteiger partial charge < -0.3 is 19.7 Å². The predicted octanol–water partition coefficient (Wildman–Crippen LogP) is 4.65. The molecule has 2 aromatic carbocycles. The highest BCUT2D eigenvalue weighted by Crippen LogP contribution is 2.36. The van der Waals surface area contributed by atoms with Crippen LogP contribution in [-0.2, 0) is 11.4 Å². The summed E-state index contributed by atoms with van der Waals surface area (Å²) in [7, 11) is 3.43. The summed E-state index contributed by atoms with van der Waals surface area (Å²) in [6.45, 7) is 3.76. The predicted molar refractivity (Wildman–Crippen MR) is 118 cm³/mol. The van der Waals surface area contributed by atoms with Gasteiger partial charge in [-0.15, -0.1) is 0 Å². The third-order valence-corrected chi connectivity index (χ3v) is 5.76. The van der Waals surface area contributed by atoms with E-state index in [1.807, 2.05) is 56.4 Å². The molecule has 0 bridgehead atoms. The summed E-state index contributed by atoms with van der Waals surface area (Å²) in [4.78, 5) is 14.2. The van der Waals surface area contributed by atoms with Gasteiger partial charge in [0, 0.05) is 28.9 Å². The number of carbonyl (C=O) groups is 1. The Bertz CT molecular complexity index is 990. The molecule has 29 heavy (non-hydrogen) atoms. The summed E-state index contributed by atoms with van der Waals surface area (Å²) >= 11 is 11.7. The van der Waals surface area contributed by atoms with Gasteiger partial charge in [0.1, 0.15) is 6.61 Å². The summed E-state index contributed by atoms with van der Waals surface area (Å²) < 4.78 is 11.5. The van der Waals surface area contributed by atoms with Gasteiger partial charge in [-0.05, 0) is 49.8 Å². The summed E-state index contributed by atoms with van der Waals surface area (Å²) in [5.41, 5.74) is 3.24. The van der Waals surface area contributed by atoms with Crippen LogP contribution in [0.25, 0.3) is 0 Å². The number of rotatable bonds is 6. The Labute approximate surface area is 181 Å². The van der Waals surface area contributed by atoms with Gasteiger partial charge in [-0.25, -0.2) is 0 Å². The smallest absolute Gasteiger partial charge is 0.173 e. The Morgan fingerprint density at radius 3 is 2.62 bits per heavy atom. The molecule has 1 N–H and O–H groups in total. The van der Waals surface area contributed by atoms with Crippen LogP contribution in [0.1, 0.15) is 31.0 Å². The lowest BCUT2D eigenvalue weighted by atomic mass is 9.92. The van der Waals surface area contributed by atoms with Crippen molar-refractivity contribution in [2.45, 2.75) is 26.5 Å². The highest BCUT2D eigenvalue weighted by Gasteiger charge is 2.31. The summed E-state index contributed by atoms with van der Waals surface area (Å²) in [5.74, 6) is 1.15. The number of halogens is 1. The molecule has 0 aromatic heterocycles. The number of thiocarbonyl (C=S) groups is 1. The number of carbonyl (C=O) groups excluding carboxylic acids is 1. The van der Waals surface area contributed by atoms with Crippen molar-refractivity contribution in [1.82, 2.24) is 10.2 Å². The molecule has 1 heterocycles. The normalized spacial score (nSPS) is 16.5. The molecule has 0 aliphatic carbocycles. The van der Waals surface area contributed by atoms with Crippen molar-refractivity contribution in [1.29, 1.82) is 0 Å². The standard InChI is InChI=1S/C22H23ClN2O3S/c1-13-20(14(2)26)21(24-22(29)25(13)3)15-9-10-18(27-4)19(11-15)28-12-16-7-5-6-8-17(16)23/h5-11,21H,12H2,1-4H3,(H,24,29). The Morgan fingerprint density at radius 2 is 1.97 bits per heavy atom. The summed E-state index contributed by atoms with van der Waals surface area (Å²) in [6, 6.07) is 12.8. The van der Waals surface area contributed by atoms with E-state index in [0.29, 0.717) is 33.8 Å². The lowest BCUT2D eigenvalue weighted by molar-refractivity contribution is -0.114. The number of benzene rings is 2. The summed E-state index contributed by atoms with van der Waals surface area (Å²) in [6.07, 6.45) is 0. The van der Waals surface area contributed by atoms with Gasteiger partial charge in [-0.3, -0.25) is 4.79 Å². The van der Waals surface area contributed by atoms with Crippen LogP contribution < -0.4 is 14.8 Å². The SMILES string of the molecule is COc1ccc(C2NC(=S)N(C)C(C)=C2C(C)=O)cc1OCc1ccccc1Cl. The van der Waals surface area contributed by atoms with E-state index < -0.39 is 0 Å². The van der Waals surface area contributed by atoms with Crippen LogP contribution in [0.4, 0.5) is 0 Å². The Kier molecular flexibility index (Phi) is 6.45. The fraction of sp³-hybridized carbons (Fsp3) is 0.273. The van der Waals surface area contributed by atoms with E-state index in [4.69, 9.17) is 33.3 Å².